The molecule has 8 aromatic rings. The van der Waals surface area contributed by atoms with E-state index < -0.39 is 5.41 Å². The van der Waals surface area contributed by atoms with Crippen molar-refractivity contribution in [2.24, 2.45) is 0 Å². The molecular formula is C44H28ClN3. The third-order valence-electron chi connectivity index (χ3n) is 9.55. The molecule has 7 aromatic carbocycles. The molecule has 0 atom stereocenters. The average molecular weight is 634 g/mol. The minimum absolute atomic E-state index is 0.159. The van der Waals surface area contributed by atoms with Crippen molar-refractivity contribution in [3.8, 4) is 45.0 Å². The molecule has 1 aliphatic carbocycles. The van der Waals surface area contributed by atoms with Crippen LogP contribution in [0, 0.1) is 0 Å². The van der Waals surface area contributed by atoms with E-state index in [1.54, 1.807) is 0 Å². The molecule has 0 N–H and O–H groups in total. The van der Waals surface area contributed by atoms with E-state index in [0.29, 0.717) is 11.6 Å². The van der Waals surface area contributed by atoms with Gasteiger partial charge in [-0.05, 0) is 79.0 Å². The summed E-state index contributed by atoms with van der Waals surface area (Å²) < 4.78 is 0. The number of benzene rings is 7. The Morgan fingerprint density at radius 3 is 1.73 bits per heavy atom. The zero-order valence-electron chi connectivity index (χ0n) is 25.9. The smallest absolute Gasteiger partial charge is 0.208 e. The molecule has 9 rings (SSSR count). The Labute approximate surface area is 284 Å². The van der Waals surface area contributed by atoms with Crippen molar-refractivity contribution in [2.45, 2.75) is 5.41 Å². The lowest BCUT2D eigenvalue weighted by Gasteiger charge is -2.34. The summed E-state index contributed by atoms with van der Waals surface area (Å²) in [5, 5.41) is 2.56. The van der Waals surface area contributed by atoms with Crippen LogP contribution in [0.5, 0.6) is 0 Å². The molecule has 226 valence electrons. The first-order valence-corrected chi connectivity index (χ1v) is 16.4. The van der Waals surface area contributed by atoms with Crippen LogP contribution in [-0.4, -0.2) is 15.0 Å². The zero-order chi connectivity index (χ0) is 32.1. The highest BCUT2D eigenvalue weighted by Gasteiger charge is 2.46. The summed E-state index contributed by atoms with van der Waals surface area (Å²) in [4.78, 5) is 14.3. The second kappa shape index (κ2) is 11.4. The van der Waals surface area contributed by atoms with Crippen molar-refractivity contribution < 1.29 is 0 Å². The van der Waals surface area contributed by atoms with Crippen molar-refractivity contribution in [2.75, 3.05) is 0 Å². The Kier molecular flexibility index (Phi) is 6.74. The van der Waals surface area contributed by atoms with Gasteiger partial charge in [-0.3, -0.25) is 0 Å². The van der Waals surface area contributed by atoms with Crippen LogP contribution in [0.2, 0.25) is 5.28 Å². The van der Waals surface area contributed by atoms with Crippen LogP contribution in [0.25, 0.3) is 55.8 Å². The van der Waals surface area contributed by atoms with Crippen molar-refractivity contribution in [3.05, 3.63) is 197 Å². The standard InChI is InChI=1S/C44H28ClN3/c45-43-47-41(31-16-11-15-30(27-31)36-23-12-14-29-13-7-8-21-35(29)36)46-42(48-43)32-25-26-38-37-22-9-10-24-39(37)44(40(38)28-32,33-17-3-1-4-18-33)34-19-5-2-6-20-34/h1-28H. The molecule has 0 saturated heterocycles. The van der Waals surface area contributed by atoms with E-state index >= 15 is 0 Å². The van der Waals surface area contributed by atoms with Gasteiger partial charge in [-0.15, -0.1) is 0 Å². The maximum atomic E-state index is 6.66. The average Bonchev–Trinajstić information content (AvgIpc) is 3.45. The largest absolute Gasteiger partial charge is 0.226 e. The van der Waals surface area contributed by atoms with Crippen LogP contribution in [0.1, 0.15) is 22.3 Å². The summed E-state index contributed by atoms with van der Waals surface area (Å²) in [6, 6.07) is 60.0. The fourth-order valence-corrected chi connectivity index (χ4v) is 7.65. The van der Waals surface area contributed by atoms with Crippen LogP contribution >= 0.6 is 11.6 Å². The van der Waals surface area contributed by atoms with Gasteiger partial charge < -0.3 is 0 Å². The van der Waals surface area contributed by atoms with Crippen LogP contribution in [0.4, 0.5) is 0 Å². The zero-order valence-corrected chi connectivity index (χ0v) is 26.6. The summed E-state index contributed by atoms with van der Waals surface area (Å²) in [7, 11) is 0. The minimum Gasteiger partial charge on any atom is -0.208 e. The van der Waals surface area contributed by atoms with Gasteiger partial charge in [0.15, 0.2) is 11.6 Å². The highest BCUT2D eigenvalue weighted by atomic mass is 35.5. The molecule has 0 amide bonds. The van der Waals surface area contributed by atoms with E-state index in [9.17, 15) is 0 Å². The number of fused-ring (bicyclic) bond motifs is 4. The topological polar surface area (TPSA) is 38.7 Å². The normalized spacial score (nSPS) is 12.9. The lowest BCUT2D eigenvalue weighted by molar-refractivity contribution is 0.768. The van der Waals surface area contributed by atoms with Crippen molar-refractivity contribution in [3.63, 3.8) is 0 Å². The van der Waals surface area contributed by atoms with E-state index in [4.69, 9.17) is 16.6 Å². The number of rotatable bonds is 5. The van der Waals surface area contributed by atoms with Gasteiger partial charge in [0.1, 0.15) is 0 Å². The van der Waals surface area contributed by atoms with E-state index in [2.05, 4.69) is 168 Å². The predicted molar refractivity (Wildman–Crippen MR) is 196 cm³/mol. The number of hydrogen-bond donors (Lipinski definition) is 0. The molecule has 0 saturated carbocycles. The molecule has 0 bridgehead atoms. The molecule has 3 nitrogen and oxygen atoms in total. The monoisotopic (exact) mass is 633 g/mol. The second-order valence-electron chi connectivity index (χ2n) is 12.1. The first-order chi connectivity index (χ1) is 23.7. The molecule has 48 heavy (non-hydrogen) atoms. The van der Waals surface area contributed by atoms with Crippen molar-refractivity contribution in [1.82, 2.24) is 15.0 Å². The first-order valence-electron chi connectivity index (χ1n) is 16.1. The minimum atomic E-state index is -0.517. The second-order valence-corrected chi connectivity index (χ2v) is 12.5. The van der Waals surface area contributed by atoms with E-state index in [1.165, 1.54) is 44.2 Å². The number of hydrogen-bond acceptors (Lipinski definition) is 3. The van der Waals surface area contributed by atoms with Crippen molar-refractivity contribution in [1.29, 1.82) is 0 Å². The number of halogens is 1. The third-order valence-corrected chi connectivity index (χ3v) is 9.72. The molecule has 1 aliphatic rings. The summed E-state index contributed by atoms with van der Waals surface area (Å²) in [5.41, 5.74) is 10.8. The SMILES string of the molecule is Clc1nc(-c2cccc(-c3cccc4ccccc34)c2)nc(-c2ccc3c(c2)C(c2ccccc2)(c2ccccc2)c2ccccc2-3)n1. The maximum absolute atomic E-state index is 6.66. The summed E-state index contributed by atoms with van der Waals surface area (Å²) >= 11 is 6.66. The highest BCUT2D eigenvalue weighted by Crippen LogP contribution is 2.56. The molecule has 1 heterocycles. The molecule has 1 aromatic heterocycles. The van der Waals surface area contributed by atoms with Gasteiger partial charge in [-0.1, -0.05) is 158 Å². The summed E-state index contributed by atoms with van der Waals surface area (Å²) in [5.74, 6) is 1.07. The van der Waals surface area contributed by atoms with Gasteiger partial charge in [-0.2, -0.15) is 9.97 Å². The van der Waals surface area contributed by atoms with E-state index in [-0.39, 0.29) is 5.28 Å². The summed E-state index contributed by atoms with van der Waals surface area (Å²) in [6.07, 6.45) is 0. The van der Waals surface area contributed by atoms with Crippen LogP contribution in [0.15, 0.2) is 170 Å². The van der Waals surface area contributed by atoms with Crippen LogP contribution in [-0.2, 0) is 5.41 Å². The summed E-state index contributed by atoms with van der Waals surface area (Å²) in [6.45, 7) is 0. The van der Waals surface area contributed by atoms with Gasteiger partial charge in [0.2, 0.25) is 5.28 Å². The lowest BCUT2D eigenvalue weighted by atomic mass is 9.67. The van der Waals surface area contributed by atoms with Gasteiger partial charge >= 0.3 is 0 Å². The molecule has 0 fully saturated rings. The number of nitrogens with zero attached hydrogens (tertiary/aromatic N) is 3. The Morgan fingerprint density at radius 1 is 0.396 bits per heavy atom. The van der Waals surface area contributed by atoms with Crippen LogP contribution < -0.4 is 0 Å². The van der Waals surface area contributed by atoms with E-state index in [1.807, 2.05) is 12.1 Å². The Bertz CT molecular complexity index is 2430. The van der Waals surface area contributed by atoms with Crippen LogP contribution in [0.3, 0.4) is 0 Å². The van der Waals surface area contributed by atoms with Gasteiger partial charge in [0.25, 0.3) is 0 Å². The van der Waals surface area contributed by atoms with E-state index in [0.717, 1.165) is 22.3 Å². The maximum Gasteiger partial charge on any atom is 0.226 e. The lowest BCUT2D eigenvalue weighted by Crippen LogP contribution is -2.28. The molecular weight excluding hydrogens is 606 g/mol. The molecule has 4 heteroatoms. The van der Waals surface area contributed by atoms with Crippen molar-refractivity contribution >= 4 is 22.4 Å². The quantitative estimate of drug-likeness (QED) is 0.189. The van der Waals surface area contributed by atoms with Gasteiger partial charge in [0.05, 0.1) is 5.41 Å². The fraction of sp³-hybridized carbons (Fsp3) is 0.0227. The Hall–Kier alpha value is -5.90. The Balaban J connectivity index is 1.21. The predicted octanol–water partition coefficient (Wildman–Crippen LogP) is 11.0. The van der Waals surface area contributed by atoms with Gasteiger partial charge in [0, 0.05) is 11.1 Å². The Morgan fingerprint density at radius 2 is 0.958 bits per heavy atom. The fourth-order valence-electron chi connectivity index (χ4n) is 7.49. The van der Waals surface area contributed by atoms with Gasteiger partial charge in [-0.25, -0.2) is 4.98 Å². The third kappa shape index (κ3) is 4.47. The molecule has 0 aliphatic heterocycles. The first kappa shape index (κ1) is 28.3. The molecule has 0 spiro atoms. The molecule has 0 radical (unpaired) electrons. The number of aromatic nitrogens is 3. The highest BCUT2D eigenvalue weighted by molar-refractivity contribution is 6.28. The molecule has 0 unspecified atom stereocenters.